The van der Waals surface area contributed by atoms with Crippen molar-refractivity contribution in [2.45, 2.75) is 26.3 Å². The summed E-state index contributed by atoms with van der Waals surface area (Å²) in [5, 5.41) is 7.56. The number of carbonyl (C=O) groups is 2. The Hall–Kier alpha value is -2.14. The molecule has 1 unspecified atom stereocenters. The number of aryl methyl sites for hydroxylation is 1. The summed E-state index contributed by atoms with van der Waals surface area (Å²) in [6, 6.07) is 11.5. The van der Waals surface area contributed by atoms with E-state index in [9.17, 15) is 9.59 Å². The quantitative estimate of drug-likeness (QED) is 0.860. The van der Waals surface area contributed by atoms with Crippen LogP contribution in [0.3, 0.4) is 0 Å². The second-order valence-corrected chi connectivity index (χ2v) is 6.08. The van der Waals surface area contributed by atoms with Gasteiger partial charge in [0.25, 0.3) is 5.91 Å². The molecule has 1 atom stereocenters. The monoisotopic (exact) mass is 316 g/mol. The van der Waals surface area contributed by atoms with Gasteiger partial charge in [-0.05, 0) is 36.4 Å². The predicted molar refractivity (Wildman–Crippen MR) is 89.0 cm³/mol. The zero-order valence-electron chi connectivity index (χ0n) is 12.8. The standard InChI is InChI=1S/C17H20N2O2S/c1-12-6-3-4-7-14(12)13(2)19-16(20)9-10-18-17(21)15-8-5-11-22-15/h3-8,11,13H,9-10H2,1-2H3,(H,18,21)(H,19,20). The van der Waals surface area contributed by atoms with Gasteiger partial charge in [0.05, 0.1) is 10.9 Å². The fourth-order valence-corrected chi connectivity index (χ4v) is 2.89. The van der Waals surface area contributed by atoms with Crippen molar-refractivity contribution in [1.82, 2.24) is 10.6 Å². The molecule has 5 heteroatoms. The van der Waals surface area contributed by atoms with Gasteiger partial charge in [-0.25, -0.2) is 0 Å². The Bertz CT molecular complexity index is 638. The molecule has 2 aromatic rings. The summed E-state index contributed by atoms with van der Waals surface area (Å²) in [6.45, 7) is 4.33. The van der Waals surface area contributed by atoms with Gasteiger partial charge in [-0.2, -0.15) is 0 Å². The second-order valence-electron chi connectivity index (χ2n) is 5.13. The van der Waals surface area contributed by atoms with Crippen LogP contribution in [0, 0.1) is 6.92 Å². The van der Waals surface area contributed by atoms with Gasteiger partial charge in [-0.15, -0.1) is 11.3 Å². The molecule has 0 saturated heterocycles. The minimum Gasteiger partial charge on any atom is -0.351 e. The van der Waals surface area contributed by atoms with E-state index in [4.69, 9.17) is 0 Å². The lowest BCUT2D eigenvalue weighted by Crippen LogP contribution is -2.32. The first-order chi connectivity index (χ1) is 10.6. The molecule has 4 nitrogen and oxygen atoms in total. The molecule has 1 aromatic heterocycles. The number of hydrogen-bond acceptors (Lipinski definition) is 3. The number of benzene rings is 1. The summed E-state index contributed by atoms with van der Waals surface area (Å²) in [5.74, 6) is -0.197. The van der Waals surface area contributed by atoms with Crippen LogP contribution in [0.15, 0.2) is 41.8 Å². The van der Waals surface area contributed by atoms with Crippen molar-refractivity contribution in [2.75, 3.05) is 6.54 Å². The maximum absolute atomic E-state index is 11.9. The Morgan fingerprint density at radius 2 is 1.95 bits per heavy atom. The van der Waals surface area contributed by atoms with Crippen molar-refractivity contribution in [3.8, 4) is 0 Å². The van der Waals surface area contributed by atoms with E-state index >= 15 is 0 Å². The van der Waals surface area contributed by atoms with Gasteiger partial charge >= 0.3 is 0 Å². The SMILES string of the molecule is Cc1ccccc1C(C)NC(=O)CCNC(=O)c1cccs1. The van der Waals surface area contributed by atoms with Crippen molar-refractivity contribution in [1.29, 1.82) is 0 Å². The van der Waals surface area contributed by atoms with Crippen LogP contribution in [0.1, 0.15) is 40.2 Å². The number of amides is 2. The lowest BCUT2D eigenvalue weighted by atomic mass is 10.0. The van der Waals surface area contributed by atoms with Crippen molar-refractivity contribution in [3.05, 3.63) is 57.8 Å². The smallest absolute Gasteiger partial charge is 0.261 e. The van der Waals surface area contributed by atoms with E-state index in [1.54, 1.807) is 6.07 Å². The summed E-state index contributed by atoms with van der Waals surface area (Å²) in [5.41, 5.74) is 2.26. The van der Waals surface area contributed by atoms with Crippen LogP contribution in [0.2, 0.25) is 0 Å². The van der Waals surface area contributed by atoms with Crippen molar-refractivity contribution >= 4 is 23.2 Å². The molecule has 2 N–H and O–H groups in total. The summed E-state index contributed by atoms with van der Waals surface area (Å²) in [6.07, 6.45) is 0.271. The number of hydrogen-bond donors (Lipinski definition) is 2. The summed E-state index contributed by atoms with van der Waals surface area (Å²) >= 11 is 1.39. The molecule has 0 aliphatic heterocycles. The van der Waals surface area contributed by atoms with E-state index < -0.39 is 0 Å². The zero-order valence-corrected chi connectivity index (χ0v) is 13.6. The van der Waals surface area contributed by atoms with Crippen LogP contribution in [0.25, 0.3) is 0 Å². The maximum atomic E-state index is 11.9. The number of rotatable bonds is 6. The van der Waals surface area contributed by atoms with Gasteiger partial charge in [-0.1, -0.05) is 30.3 Å². The number of thiophene rings is 1. The van der Waals surface area contributed by atoms with E-state index in [-0.39, 0.29) is 24.3 Å². The normalized spacial score (nSPS) is 11.7. The third kappa shape index (κ3) is 4.43. The second kappa shape index (κ2) is 7.75. The van der Waals surface area contributed by atoms with E-state index in [1.807, 2.05) is 49.6 Å². The minimum absolute atomic E-state index is 0.0401. The van der Waals surface area contributed by atoms with E-state index in [2.05, 4.69) is 10.6 Å². The Kier molecular flexibility index (Phi) is 5.72. The molecule has 0 aliphatic carbocycles. The maximum Gasteiger partial charge on any atom is 0.261 e. The van der Waals surface area contributed by atoms with Crippen molar-refractivity contribution < 1.29 is 9.59 Å². The minimum atomic E-state index is -0.130. The van der Waals surface area contributed by atoms with Crippen LogP contribution in [-0.2, 0) is 4.79 Å². The molecule has 2 amide bonds. The average Bonchev–Trinajstić information content (AvgIpc) is 3.01. The number of carbonyl (C=O) groups excluding carboxylic acids is 2. The van der Waals surface area contributed by atoms with Gasteiger partial charge in [0.1, 0.15) is 0 Å². The molecule has 0 spiro atoms. The molecule has 1 aromatic carbocycles. The van der Waals surface area contributed by atoms with Crippen molar-refractivity contribution in [3.63, 3.8) is 0 Å². The topological polar surface area (TPSA) is 58.2 Å². The highest BCUT2D eigenvalue weighted by molar-refractivity contribution is 7.12. The molecule has 22 heavy (non-hydrogen) atoms. The Morgan fingerprint density at radius 3 is 2.64 bits per heavy atom. The van der Waals surface area contributed by atoms with E-state index in [0.29, 0.717) is 11.4 Å². The molecular formula is C17H20N2O2S. The van der Waals surface area contributed by atoms with Crippen LogP contribution in [-0.4, -0.2) is 18.4 Å². The fraction of sp³-hybridized carbons (Fsp3) is 0.294. The van der Waals surface area contributed by atoms with Crippen LogP contribution < -0.4 is 10.6 Å². The van der Waals surface area contributed by atoms with Crippen LogP contribution >= 0.6 is 11.3 Å². The predicted octanol–water partition coefficient (Wildman–Crippen LogP) is 3.05. The first-order valence-electron chi connectivity index (χ1n) is 7.24. The highest BCUT2D eigenvalue weighted by atomic mass is 32.1. The summed E-state index contributed by atoms with van der Waals surface area (Å²) in [7, 11) is 0. The Balaban J connectivity index is 1.76. The van der Waals surface area contributed by atoms with E-state index in [0.717, 1.165) is 11.1 Å². The largest absolute Gasteiger partial charge is 0.351 e. The first-order valence-corrected chi connectivity index (χ1v) is 8.12. The van der Waals surface area contributed by atoms with Crippen LogP contribution in [0.5, 0.6) is 0 Å². The van der Waals surface area contributed by atoms with Gasteiger partial charge < -0.3 is 10.6 Å². The Morgan fingerprint density at radius 1 is 1.18 bits per heavy atom. The fourth-order valence-electron chi connectivity index (χ4n) is 2.25. The lowest BCUT2D eigenvalue weighted by molar-refractivity contribution is -0.121. The molecule has 2 rings (SSSR count). The average molecular weight is 316 g/mol. The third-order valence-corrected chi connectivity index (χ3v) is 4.28. The van der Waals surface area contributed by atoms with Gasteiger partial charge in [0, 0.05) is 13.0 Å². The van der Waals surface area contributed by atoms with Crippen LogP contribution in [0.4, 0.5) is 0 Å². The van der Waals surface area contributed by atoms with Gasteiger partial charge in [-0.3, -0.25) is 9.59 Å². The van der Waals surface area contributed by atoms with Crippen molar-refractivity contribution in [2.24, 2.45) is 0 Å². The molecule has 0 saturated carbocycles. The molecular weight excluding hydrogens is 296 g/mol. The molecule has 0 radical (unpaired) electrons. The summed E-state index contributed by atoms with van der Waals surface area (Å²) in [4.78, 5) is 24.4. The lowest BCUT2D eigenvalue weighted by Gasteiger charge is -2.16. The number of nitrogens with one attached hydrogen (secondary N) is 2. The molecule has 116 valence electrons. The van der Waals surface area contributed by atoms with Gasteiger partial charge in [0.15, 0.2) is 0 Å². The molecule has 0 fully saturated rings. The zero-order chi connectivity index (χ0) is 15.9. The van der Waals surface area contributed by atoms with E-state index in [1.165, 1.54) is 11.3 Å². The molecule has 1 heterocycles. The highest BCUT2D eigenvalue weighted by Gasteiger charge is 2.12. The summed E-state index contributed by atoms with van der Waals surface area (Å²) < 4.78 is 0. The first kappa shape index (κ1) is 16.2. The molecule has 0 aliphatic rings. The highest BCUT2D eigenvalue weighted by Crippen LogP contribution is 2.16. The van der Waals surface area contributed by atoms with Gasteiger partial charge in [0.2, 0.25) is 5.91 Å². The Labute approximate surface area is 134 Å². The third-order valence-electron chi connectivity index (χ3n) is 3.42. The molecule has 0 bridgehead atoms.